The van der Waals surface area contributed by atoms with Crippen LogP contribution < -0.4 is 5.32 Å². The molecule has 17 heavy (non-hydrogen) atoms. The normalized spacial score (nSPS) is 12.6. The minimum atomic E-state index is -0.143. The molecule has 0 radical (unpaired) electrons. The molecule has 0 spiro atoms. The highest BCUT2D eigenvalue weighted by atomic mass is 32.1. The van der Waals surface area contributed by atoms with Gasteiger partial charge in [0.1, 0.15) is 5.82 Å². The van der Waals surface area contributed by atoms with Gasteiger partial charge in [-0.2, -0.15) is 0 Å². The Kier molecular flexibility index (Phi) is 3.92. The van der Waals surface area contributed by atoms with E-state index < -0.39 is 0 Å². The highest BCUT2D eigenvalue weighted by molar-refractivity contribution is 7.10. The lowest BCUT2D eigenvalue weighted by atomic mass is 10.1. The maximum Gasteiger partial charge on any atom is 0.127 e. The van der Waals surface area contributed by atoms with Crippen LogP contribution in [0.5, 0.6) is 0 Å². The first-order valence-corrected chi connectivity index (χ1v) is 6.57. The standard InChI is InChI=1S/C14H16FNS/c1-10-7-8-17-14(10)11(2)16-9-12-5-3-4-6-13(12)15/h3-8,11,16H,9H2,1-2H3. The number of thiophene rings is 1. The predicted molar refractivity (Wildman–Crippen MR) is 70.7 cm³/mol. The van der Waals surface area contributed by atoms with E-state index in [4.69, 9.17) is 0 Å². The molecule has 1 aromatic carbocycles. The van der Waals surface area contributed by atoms with Crippen LogP contribution in [0.1, 0.15) is 29.0 Å². The van der Waals surface area contributed by atoms with Crippen molar-refractivity contribution in [3.05, 3.63) is 57.5 Å². The summed E-state index contributed by atoms with van der Waals surface area (Å²) in [5.41, 5.74) is 2.01. The zero-order valence-corrected chi connectivity index (χ0v) is 10.9. The van der Waals surface area contributed by atoms with Crippen molar-refractivity contribution >= 4 is 11.3 Å². The molecule has 90 valence electrons. The van der Waals surface area contributed by atoms with E-state index in [0.717, 1.165) is 0 Å². The van der Waals surface area contributed by atoms with Gasteiger partial charge in [0.2, 0.25) is 0 Å². The molecule has 0 saturated heterocycles. The van der Waals surface area contributed by atoms with E-state index in [1.165, 1.54) is 16.5 Å². The molecule has 2 aromatic rings. The Labute approximate surface area is 105 Å². The molecule has 1 aromatic heterocycles. The van der Waals surface area contributed by atoms with E-state index in [1.807, 2.05) is 12.1 Å². The van der Waals surface area contributed by atoms with Crippen LogP contribution >= 0.6 is 11.3 Å². The number of hydrogen-bond donors (Lipinski definition) is 1. The molecule has 0 aliphatic carbocycles. The van der Waals surface area contributed by atoms with Crippen LogP contribution in [0.2, 0.25) is 0 Å². The lowest BCUT2D eigenvalue weighted by molar-refractivity contribution is 0.548. The second kappa shape index (κ2) is 5.43. The summed E-state index contributed by atoms with van der Waals surface area (Å²) in [5, 5.41) is 5.44. The van der Waals surface area contributed by atoms with Gasteiger partial charge in [0.25, 0.3) is 0 Å². The number of rotatable bonds is 4. The second-order valence-corrected chi connectivity index (χ2v) is 5.11. The number of aryl methyl sites for hydroxylation is 1. The minimum absolute atomic E-state index is 0.143. The van der Waals surface area contributed by atoms with Gasteiger partial charge in [-0.15, -0.1) is 11.3 Å². The van der Waals surface area contributed by atoms with Crippen LogP contribution in [0.4, 0.5) is 4.39 Å². The van der Waals surface area contributed by atoms with Gasteiger partial charge in [-0.1, -0.05) is 18.2 Å². The van der Waals surface area contributed by atoms with Crippen LogP contribution in [-0.2, 0) is 6.54 Å². The summed E-state index contributed by atoms with van der Waals surface area (Å²) in [4.78, 5) is 1.32. The van der Waals surface area contributed by atoms with E-state index in [-0.39, 0.29) is 11.9 Å². The molecule has 2 rings (SSSR count). The molecule has 0 fully saturated rings. The summed E-state index contributed by atoms with van der Waals surface area (Å²) in [5.74, 6) is -0.143. The largest absolute Gasteiger partial charge is 0.305 e. The SMILES string of the molecule is Cc1ccsc1C(C)NCc1ccccc1F. The quantitative estimate of drug-likeness (QED) is 0.862. The van der Waals surface area contributed by atoms with Crippen LogP contribution in [0.25, 0.3) is 0 Å². The molecular formula is C14H16FNS. The Bertz CT molecular complexity index is 492. The first kappa shape index (κ1) is 12.3. The molecule has 1 heterocycles. The maximum atomic E-state index is 13.4. The van der Waals surface area contributed by atoms with Gasteiger partial charge in [0.15, 0.2) is 0 Å². The van der Waals surface area contributed by atoms with Gasteiger partial charge in [-0.05, 0) is 36.9 Å². The van der Waals surface area contributed by atoms with Crippen molar-refractivity contribution in [2.75, 3.05) is 0 Å². The van der Waals surface area contributed by atoms with Gasteiger partial charge in [0.05, 0.1) is 0 Å². The number of halogens is 1. The molecule has 1 nitrogen and oxygen atoms in total. The average Bonchev–Trinajstić information content (AvgIpc) is 2.74. The van der Waals surface area contributed by atoms with Crippen LogP contribution in [0.3, 0.4) is 0 Å². The topological polar surface area (TPSA) is 12.0 Å². The number of benzene rings is 1. The zero-order valence-electron chi connectivity index (χ0n) is 10.0. The van der Waals surface area contributed by atoms with Crippen molar-refractivity contribution in [3.63, 3.8) is 0 Å². The summed E-state index contributed by atoms with van der Waals surface area (Å²) >= 11 is 1.74. The van der Waals surface area contributed by atoms with E-state index in [0.29, 0.717) is 12.1 Å². The summed E-state index contributed by atoms with van der Waals surface area (Å²) in [6.45, 7) is 4.78. The third-order valence-corrected chi connectivity index (χ3v) is 4.05. The Morgan fingerprint density at radius 3 is 2.71 bits per heavy atom. The first-order chi connectivity index (χ1) is 8.18. The Balaban J connectivity index is 2.00. The van der Waals surface area contributed by atoms with Crippen LogP contribution in [0.15, 0.2) is 35.7 Å². The smallest absolute Gasteiger partial charge is 0.127 e. The fraction of sp³-hybridized carbons (Fsp3) is 0.286. The third-order valence-electron chi connectivity index (χ3n) is 2.85. The average molecular weight is 249 g/mol. The molecule has 1 N–H and O–H groups in total. The fourth-order valence-electron chi connectivity index (χ4n) is 1.83. The summed E-state index contributed by atoms with van der Waals surface area (Å²) < 4.78 is 13.4. The van der Waals surface area contributed by atoms with Crippen molar-refractivity contribution in [3.8, 4) is 0 Å². The zero-order chi connectivity index (χ0) is 12.3. The van der Waals surface area contributed by atoms with Crippen LogP contribution in [0, 0.1) is 12.7 Å². The van der Waals surface area contributed by atoms with Crippen molar-refractivity contribution in [2.45, 2.75) is 26.4 Å². The molecular weight excluding hydrogens is 233 g/mol. The van der Waals surface area contributed by atoms with E-state index in [2.05, 4.69) is 30.6 Å². The van der Waals surface area contributed by atoms with Crippen molar-refractivity contribution < 1.29 is 4.39 Å². The molecule has 0 amide bonds. The van der Waals surface area contributed by atoms with Gasteiger partial charge in [-0.25, -0.2) is 4.39 Å². The Hall–Kier alpha value is -1.19. The Morgan fingerprint density at radius 1 is 1.29 bits per heavy atom. The van der Waals surface area contributed by atoms with Gasteiger partial charge < -0.3 is 5.32 Å². The summed E-state index contributed by atoms with van der Waals surface area (Å²) in [6, 6.07) is 9.26. The van der Waals surface area contributed by atoms with E-state index in [9.17, 15) is 4.39 Å². The highest BCUT2D eigenvalue weighted by Gasteiger charge is 2.10. The molecule has 1 unspecified atom stereocenters. The van der Waals surface area contributed by atoms with Gasteiger partial charge in [-0.3, -0.25) is 0 Å². The third kappa shape index (κ3) is 2.93. The molecule has 0 aliphatic rings. The monoisotopic (exact) mass is 249 g/mol. The summed E-state index contributed by atoms with van der Waals surface area (Å²) in [6.07, 6.45) is 0. The summed E-state index contributed by atoms with van der Waals surface area (Å²) in [7, 11) is 0. The fourth-order valence-corrected chi connectivity index (χ4v) is 2.79. The first-order valence-electron chi connectivity index (χ1n) is 5.69. The molecule has 0 bridgehead atoms. The van der Waals surface area contributed by atoms with Gasteiger partial charge in [0, 0.05) is 23.0 Å². The van der Waals surface area contributed by atoms with Crippen molar-refractivity contribution in [1.29, 1.82) is 0 Å². The minimum Gasteiger partial charge on any atom is -0.305 e. The van der Waals surface area contributed by atoms with Gasteiger partial charge >= 0.3 is 0 Å². The number of nitrogens with one attached hydrogen (secondary N) is 1. The molecule has 1 atom stereocenters. The van der Waals surface area contributed by atoms with Crippen LogP contribution in [-0.4, -0.2) is 0 Å². The van der Waals surface area contributed by atoms with Crippen molar-refractivity contribution in [1.82, 2.24) is 5.32 Å². The number of hydrogen-bond acceptors (Lipinski definition) is 2. The lowest BCUT2D eigenvalue weighted by Crippen LogP contribution is -2.18. The molecule has 0 aliphatic heterocycles. The highest BCUT2D eigenvalue weighted by Crippen LogP contribution is 2.23. The Morgan fingerprint density at radius 2 is 2.06 bits per heavy atom. The molecule has 3 heteroatoms. The van der Waals surface area contributed by atoms with E-state index >= 15 is 0 Å². The second-order valence-electron chi connectivity index (χ2n) is 4.16. The lowest BCUT2D eigenvalue weighted by Gasteiger charge is -2.13. The predicted octanol–water partition coefficient (Wildman–Crippen LogP) is 4.05. The molecule has 0 saturated carbocycles. The van der Waals surface area contributed by atoms with Crippen molar-refractivity contribution in [2.24, 2.45) is 0 Å². The van der Waals surface area contributed by atoms with E-state index in [1.54, 1.807) is 17.4 Å². The maximum absolute atomic E-state index is 13.4.